The van der Waals surface area contributed by atoms with E-state index in [-0.39, 0.29) is 35.9 Å². The molecule has 0 aliphatic carbocycles. The molecule has 3 rings (SSSR count). The van der Waals surface area contributed by atoms with Gasteiger partial charge in [-0.2, -0.15) is 0 Å². The molecule has 0 aromatic heterocycles. The zero-order valence-corrected chi connectivity index (χ0v) is 16.9. The summed E-state index contributed by atoms with van der Waals surface area (Å²) in [7, 11) is 0. The van der Waals surface area contributed by atoms with Crippen LogP contribution in [0.5, 0.6) is 0 Å². The zero-order chi connectivity index (χ0) is 21.5. The molecule has 0 bridgehead atoms. The highest BCUT2D eigenvalue weighted by atomic mass is 32.2. The van der Waals surface area contributed by atoms with Crippen LogP contribution in [0, 0.1) is 5.82 Å². The minimum atomic E-state index is -0.552. The molecule has 1 saturated heterocycles. The number of benzene rings is 2. The summed E-state index contributed by atoms with van der Waals surface area (Å²) in [6.07, 6.45) is 1.72. The average Bonchev–Trinajstić information content (AvgIpc) is 3.01. The molecule has 6 nitrogen and oxygen atoms in total. The third-order valence-electron chi connectivity index (χ3n) is 4.54. The number of carbonyl (C=O) groups is 3. The molecule has 1 fully saturated rings. The molecule has 0 spiro atoms. The average molecular weight is 428 g/mol. The van der Waals surface area contributed by atoms with Crippen molar-refractivity contribution in [2.45, 2.75) is 18.9 Å². The van der Waals surface area contributed by atoms with Crippen molar-refractivity contribution < 1.29 is 23.9 Å². The maximum absolute atomic E-state index is 13.8. The maximum atomic E-state index is 13.8. The molecule has 1 aliphatic heterocycles. The van der Waals surface area contributed by atoms with Gasteiger partial charge in [-0.05, 0) is 35.9 Å². The summed E-state index contributed by atoms with van der Waals surface area (Å²) in [5.41, 5.74) is 1.19. The fourth-order valence-electron chi connectivity index (χ4n) is 3.00. The predicted octanol–water partition coefficient (Wildman–Crippen LogP) is 2.97. The highest BCUT2D eigenvalue weighted by molar-refractivity contribution is 8.18. The second-order valence-corrected chi connectivity index (χ2v) is 7.73. The summed E-state index contributed by atoms with van der Waals surface area (Å²) in [5.74, 6) is -1.41. The van der Waals surface area contributed by atoms with Gasteiger partial charge in [-0.1, -0.05) is 48.5 Å². The first-order valence-electron chi connectivity index (χ1n) is 9.42. The Morgan fingerprint density at radius 3 is 2.53 bits per heavy atom. The molecule has 8 heteroatoms. The van der Waals surface area contributed by atoms with Gasteiger partial charge in [0.2, 0.25) is 5.91 Å². The smallest absolute Gasteiger partial charge is 0.293 e. The van der Waals surface area contributed by atoms with Crippen molar-refractivity contribution >= 4 is 34.9 Å². The molecule has 0 radical (unpaired) electrons. The summed E-state index contributed by atoms with van der Waals surface area (Å²) in [6.45, 7) is -0.317. The van der Waals surface area contributed by atoms with Crippen molar-refractivity contribution in [3.8, 4) is 0 Å². The number of nitrogens with zero attached hydrogens (tertiary/aromatic N) is 1. The van der Waals surface area contributed by atoms with Crippen molar-refractivity contribution in [1.29, 1.82) is 0 Å². The molecule has 1 aliphatic rings. The minimum Gasteiger partial charge on any atom is -0.394 e. The van der Waals surface area contributed by atoms with Crippen LogP contribution in [0.25, 0.3) is 6.08 Å². The fraction of sp³-hybridized carbons (Fsp3) is 0.227. The third-order valence-corrected chi connectivity index (χ3v) is 5.45. The fourth-order valence-corrected chi connectivity index (χ4v) is 3.86. The van der Waals surface area contributed by atoms with E-state index in [1.165, 1.54) is 24.3 Å². The Morgan fingerprint density at radius 2 is 1.83 bits per heavy atom. The van der Waals surface area contributed by atoms with Crippen LogP contribution in [-0.4, -0.2) is 46.3 Å². The molecule has 0 unspecified atom stereocenters. The minimum absolute atomic E-state index is 0.0870. The summed E-state index contributed by atoms with van der Waals surface area (Å²) in [6, 6.07) is 14.9. The van der Waals surface area contributed by atoms with E-state index in [4.69, 9.17) is 0 Å². The van der Waals surface area contributed by atoms with Gasteiger partial charge in [0.25, 0.3) is 11.1 Å². The standard InChI is InChI=1S/C22H21FN2O4S/c23-18-9-5-4-8-16(18)13-19-21(28)25(22(29)30-19)11-10-20(27)24-17(14-26)12-15-6-2-1-3-7-15/h1-9,13,17,26H,10-12,14H2,(H,24,27)/t17-/m1/s1. The number of thioether (sulfide) groups is 1. The van der Waals surface area contributed by atoms with Crippen LogP contribution >= 0.6 is 11.8 Å². The second kappa shape index (κ2) is 10.2. The van der Waals surface area contributed by atoms with E-state index in [1.54, 1.807) is 6.07 Å². The zero-order valence-electron chi connectivity index (χ0n) is 16.1. The normalized spacial score (nSPS) is 16.2. The van der Waals surface area contributed by atoms with E-state index in [0.29, 0.717) is 6.42 Å². The Hall–Kier alpha value is -2.97. The van der Waals surface area contributed by atoms with E-state index >= 15 is 0 Å². The highest BCUT2D eigenvalue weighted by Crippen LogP contribution is 2.32. The van der Waals surface area contributed by atoms with Crippen molar-refractivity contribution in [1.82, 2.24) is 10.2 Å². The van der Waals surface area contributed by atoms with Crippen molar-refractivity contribution in [3.63, 3.8) is 0 Å². The molecule has 1 atom stereocenters. The van der Waals surface area contributed by atoms with Gasteiger partial charge in [-0.3, -0.25) is 19.3 Å². The van der Waals surface area contributed by atoms with Crippen molar-refractivity contribution in [2.75, 3.05) is 13.2 Å². The van der Waals surface area contributed by atoms with Crippen LogP contribution in [0.2, 0.25) is 0 Å². The first kappa shape index (κ1) is 21.7. The molecule has 2 aromatic rings. The lowest BCUT2D eigenvalue weighted by atomic mass is 10.1. The lowest BCUT2D eigenvalue weighted by molar-refractivity contribution is -0.124. The highest BCUT2D eigenvalue weighted by Gasteiger charge is 2.35. The summed E-state index contributed by atoms with van der Waals surface area (Å²) >= 11 is 0.717. The molecular weight excluding hydrogens is 407 g/mol. The molecule has 0 saturated carbocycles. The number of hydrogen-bond acceptors (Lipinski definition) is 5. The number of aliphatic hydroxyl groups is 1. The van der Waals surface area contributed by atoms with Gasteiger partial charge in [0.1, 0.15) is 5.82 Å². The Morgan fingerprint density at radius 1 is 1.13 bits per heavy atom. The van der Waals surface area contributed by atoms with Crippen LogP contribution in [0.4, 0.5) is 9.18 Å². The number of imide groups is 1. The lowest BCUT2D eigenvalue weighted by Gasteiger charge is -2.18. The van der Waals surface area contributed by atoms with Gasteiger partial charge in [0.05, 0.1) is 17.6 Å². The largest absolute Gasteiger partial charge is 0.394 e. The molecule has 156 valence electrons. The van der Waals surface area contributed by atoms with Crippen molar-refractivity contribution in [2.24, 2.45) is 0 Å². The van der Waals surface area contributed by atoms with E-state index in [1.807, 2.05) is 30.3 Å². The van der Waals surface area contributed by atoms with Gasteiger partial charge in [0.15, 0.2) is 0 Å². The first-order chi connectivity index (χ1) is 14.5. The number of carbonyl (C=O) groups excluding carboxylic acids is 3. The second-order valence-electron chi connectivity index (χ2n) is 6.74. The molecule has 1 heterocycles. The maximum Gasteiger partial charge on any atom is 0.293 e. The van der Waals surface area contributed by atoms with Gasteiger partial charge in [0, 0.05) is 18.5 Å². The van der Waals surface area contributed by atoms with Crippen LogP contribution in [0.15, 0.2) is 59.5 Å². The van der Waals surface area contributed by atoms with E-state index in [0.717, 1.165) is 22.2 Å². The molecule has 2 N–H and O–H groups in total. The Balaban J connectivity index is 1.56. The van der Waals surface area contributed by atoms with Crippen LogP contribution in [0.3, 0.4) is 0 Å². The first-order valence-corrected chi connectivity index (χ1v) is 10.2. The van der Waals surface area contributed by atoms with Crippen LogP contribution in [-0.2, 0) is 16.0 Å². The van der Waals surface area contributed by atoms with Crippen LogP contribution in [0.1, 0.15) is 17.5 Å². The Labute approximate surface area is 177 Å². The van der Waals surface area contributed by atoms with E-state index in [9.17, 15) is 23.9 Å². The number of amides is 3. The van der Waals surface area contributed by atoms with E-state index in [2.05, 4.69) is 5.32 Å². The Bertz CT molecular complexity index is 965. The van der Waals surface area contributed by atoms with Crippen molar-refractivity contribution in [3.05, 3.63) is 76.4 Å². The molecule has 2 aromatic carbocycles. The van der Waals surface area contributed by atoms with Crippen LogP contribution < -0.4 is 5.32 Å². The molecule has 30 heavy (non-hydrogen) atoms. The van der Waals surface area contributed by atoms with Gasteiger partial charge < -0.3 is 10.4 Å². The molecular formula is C22H21FN2O4S. The quantitative estimate of drug-likeness (QED) is 0.632. The summed E-state index contributed by atoms with van der Waals surface area (Å²) < 4.78 is 13.8. The van der Waals surface area contributed by atoms with Gasteiger partial charge in [-0.25, -0.2) is 4.39 Å². The number of halogens is 1. The van der Waals surface area contributed by atoms with Gasteiger partial charge >= 0.3 is 0 Å². The SMILES string of the molecule is O=C(CCN1C(=O)SC(=Cc2ccccc2F)C1=O)N[C@@H](CO)Cc1ccccc1. The summed E-state index contributed by atoms with van der Waals surface area (Å²) in [4.78, 5) is 38.0. The molecule has 3 amide bonds. The number of aliphatic hydroxyl groups excluding tert-OH is 1. The van der Waals surface area contributed by atoms with Gasteiger partial charge in [-0.15, -0.1) is 0 Å². The number of nitrogens with one attached hydrogen (secondary N) is 1. The monoisotopic (exact) mass is 428 g/mol. The third kappa shape index (κ3) is 5.55. The summed E-state index contributed by atoms with van der Waals surface area (Å²) in [5, 5.41) is 11.7. The lowest BCUT2D eigenvalue weighted by Crippen LogP contribution is -2.41. The number of rotatable bonds is 8. The predicted molar refractivity (Wildman–Crippen MR) is 113 cm³/mol. The van der Waals surface area contributed by atoms with E-state index < -0.39 is 23.0 Å². The topological polar surface area (TPSA) is 86.7 Å². The number of hydrogen-bond donors (Lipinski definition) is 2. The Kier molecular flexibility index (Phi) is 7.37.